The summed E-state index contributed by atoms with van der Waals surface area (Å²) < 4.78 is 6.63. The fraction of sp³-hybridized carbons (Fsp3) is 0.176. The summed E-state index contributed by atoms with van der Waals surface area (Å²) in [7, 11) is 0. The monoisotopic (exact) mass is 394 g/mol. The molecule has 0 aliphatic carbocycles. The molecular weight excluding hydrogens is 380 g/mol. The molecule has 0 atom stereocenters. The quantitative estimate of drug-likeness (QED) is 0.602. The summed E-state index contributed by atoms with van der Waals surface area (Å²) in [5, 5.41) is 4.57. The highest BCUT2D eigenvalue weighted by atomic mass is 79.9. The van der Waals surface area contributed by atoms with Gasteiger partial charge in [-0.05, 0) is 55.8 Å². The molecule has 6 heteroatoms. The summed E-state index contributed by atoms with van der Waals surface area (Å²) in [6.45, 7) is 3.34. The van der Waals surface area contributed by atoms with E-state index >= 15 is 0 Å². The van der Waals surface area contributed by atoms with Gasteiger partial charge in [-0.2, -0.15) is 5.10 Å². The van der Waals surface area contributed by atoms with Gasteiger partial charge in [0.2, 0.25) is 0 Å². The number of carbonyl (C=O) groups excluding carboxylic acids is 1. The van der Waals surface area contributed by atoms with Crippen LogP contribution in [0.25, 0.3) is 0 Å². The van der Waals surface area contributed by atoms with E-state index in [1.165, 1.54) is 0 Å². The second-order valence-electron chi connectivity index (χ2n) is 5.32. The number of halogens is 2. The Balaban J connectivity index is 1.96. The van der Waals surface area contributed by atoms with Crippen LogP contribution in [0.5, 0.6) is 5.75 Å². The molecule has 0 aliphatic heterocycles. The van der Waals surface area contributed by atoms with Gasteiger partial charge in [-0.1, -0.05) is 39.7 Å². The predicted octanol–water partition coefficient (Wildman–Crippen LogP) is 4.41. The van der Waals surface area contributed by atoms with Crippen LogP contribution in [0.1, 0.15) is 19.4 Å². The molecule has 1 amide bonds. The number of hydrazone groups is 1. The number of nitrogens with zero attached hydrogens (tertiary/aromatic N) is 1. The molecule has 4 nitrogen and oxygen atoms in total. The standard InChI is InChI=1S/C17H16BrClN2O2/c1-17(2,23-15-8-6-14(19)7-9-15)16(22)21-20-11-12-4-3-5-13(18)10-12/h3-11H,1-2H3,(H,21,22). The topological polar surface area (TPSA) is 50.7 Å². The lowest BCUT2D eigenvalue weighted by molar-refractivity contribution is -0.134. The van der Waals surface area contributed by atoms with Gasteiger partial charge in [0.25, 0.3) is 5.91 Å². The highest BCUT2D eigenvalue weighted by Gasteiger charge is 2.29. The normalized spacial score (nSPS) is 11.5. The van der Waals surface area contributed by atoms with Crippen molar-refractivity contribution in [1.82, 2.24) is 5.43 Å². The summed E-state index contributed by atoms with van der Waals surface area (Å²) in [4.78, 5) is 12.2. The van der Waals surface area contributed by atoms with Crippen LogP contribution in [0.15, 0.2) is 58.1 Å². The van der Waals surface area contributed by atoms with Gasteiger partial charge in [0.05, 0.1) is 6.21 Å². The van der Waals surface area contributed by atoms with E-state index in [0.29, 0.717) is 10.8 Å². The van der Waals surface area contributed by atoms with E-state index in [4.69, 9.17) is 16.3 Å². The highest BCUT2D eigenvalue weighted by molar-refractivity contribution is 9.10. The number of ether oxygens (including phenoxy) is 1. The molecule has 2 aromatic rings. The first-order chi connectivity index (χ1) is 10.9. The van der Waals surface area contributed by atoms with Gasteiger partial charge in [-0.25, -0.2) is 5.43 Å². The summed E-state index contributed by atoms with van der Waals surface area (Å²) in [6.07, 6.45) is 1.57. The van der Waals surface area contributed by atoms with Gasteiger partial charge in [0.1, 0.15) is 5.75 Å². The molecule has 23 heavy (non-hydrogen) atoms. The first kappa shape index (κ1) is 17.5. The number of rotatable bonds is 5. The number of amides is 1. The summed E-state index contributed by atoms with van der Waals surface area (Å²) in [5.41, 5.74) is 2.29. The molecule has 2 aromatic carbocycles. The zero-order valence-corrected chi connectivity index (χ0v) is 15.1. The second kappa shape index (κ2) is 7.62. The SMILES string of the molecule is CC(C)(Oc1ccc(Cl)cc1)C(=O)NN=Cc1cccc(Br)c1. The van der Waals surface area contributed by atoms with Crippen molar-refractivity contribution in [2.45, 2.75) is 19.4 Å². The number of carbonyl (C=O) groups is 1. The molecule has 0 saturated carbocycles. The minimum atomic E-state index is -1.07. The fourth-order valence-corrected chi connectivity index (χ4v) is 2.27. The Morgan fingerprint density at radius 2 is 1.96 bits per heavy atom. The molecule has 0 radical (unpaired) electrons. The van der Waals surface area contributed by atoms with Crippen LogP contribution in [0.3, 0.4) is 0 Å². The van der Waals surface area contributed by atoms with Crippen molar-refractivity contribution in [3.05, 3.63) is 63.6 Å². The molecule has 0 fully saturated rings. The zero-order chi connectivity index (χ0) is 16.9. The molecule has 0 unspecified atom stereocenters. The lowest BCUT2D eigenvalue weighted by Gasteiger charge is -2.24. The maximum atomic E-state index is 12.2. The lowest BCUT2D eigenvalue weighted by atomic mass is 10.1. The van der Waals surface area contributed by atoms with E-state index < -0.39 is 5.60 Å². The fourth-order valence-electron chi connectivity index (χ4n) is 1.73. The Bertz CT molecular complexity index is 715. The Morgan fingerprint density at radius 1 is 1.26 bits per heavy atom. The third-order valence-corrected chi connectivity index (χ3v) is 3.71. The molecule has 0 bridgehead atoms. The lowest BCUT2D eigenvalue weighted by Crippen LogP contribution is -2.44. The minimum Gasteiger partial charge on any atom is -0.478 e. The Kier molecular flexibility index (Phi) is 5.80. The van der Waals surface area contributed by atoms with Crippen molar-refractivity contribution in [1.29, 1.82) is 0 Å². The highest BCUT2D eigenvalue weighted by Crippen LogP contribution is 2.21. The first-order valence-corrected chi connectivity index (χ1v) is 8.07. The van der Waals surface area contributed by atoms with Crippen molar-refractivity contribution in [3.8, 4) is 5.75 Å². The van der Waals surface area contributed by atoms with Crippen LogP contribution in [-0.2, 0) is 4.79 Å². The van der Waals surface area contributed by atoms with Crippen LogP contribution in [0.4, 0.5) is 0 Å². The van der Waals surface area contributed by atoms with Crippen molar-refractivity contribution in [2.75, 3.05) is 0 Å². The maximum Gasteiger partial charge on any atom is 0.283 e. The average Bonchev–Trinajstić information content (AvgIpc) is 2.49. The Hall–Kier alpha value is -1.85. The number of hydrogen-bond donors (Lipinski definition) is 1. The molecule has 0 spiro atoms. The number of benzene rings is 2. The van der Waals surface area contributed by atoms with E-state index in [9.17, 15) is 4.79 Å². The maximum absolute atomic E-state index is 12.2. The Labute approximate surface area is 148 Å². The molecule has 0 aliphatic rings. The average molecular weight is 396 g/mol. The molecule has 0 heterocycles. The van der Waals surface area contributed by atoms with E-state index in [1.54, 1.807) is 44.3 Å². The largest absolute Gasteiger partial charge is 0.478 e. The van der Waals surface area contributed by atoms with Gasteiger partial charge in [0.15, 0.2) is 5.60 Å². The molecule has 0 aromatic heterocycles. The second-order valence-corrected chi connectivity index (χ2v) is 6.67. The van der Waals surface area contributed by atoms with Gasteiger partial charge in [-0.3, -0.25) is 4.79 Å². The zero-order valence-electron chi connectivity index (χ0n) is 12.7. The molecule has 0 saturated heterocycles. The van der Waals surface area contributed by atoms with Crippen LogP contribution >= 0.6 is 27.5 Å². The van der Waals surface area contributed by atoms with Crippen LogP contribution in [0.2, 0.25) is 5.02 Å². The van der Waals surface area contributed by atoms with E-state index in [2.05, 4.69) is 26.5 Å². The van der Waals surface area contributed by atoms with Gasteiger partial charge < -0.3 is 4.74 Å². The Morgan fingerprint density at radius 3 is 2.61 bits per heavy atom. The van der Waals surface area contributed by atoms with Crippen molar-refractivity contribution in [2.24, 2.45) is 5.10 Å². The van der Waals surface area contributed by atoms with E-state index in [0.717, 1.165) is 10.0 Å². The van der Waals surface area contributed by atoms with Crippen LogP contribution in [-0.4, -0.2) is 17.7 Å². The van der Waals surface area contributed by atoms with Crippen LogP contribution < -0.4 is 10.2 Å². The molecular formula is C17H16BrClN2O2. The summed E-state index contributed by atoms with van der Waals surface area (Å²) >= 11 is 9.20. The van der Waals surface area contributed by atoms with E-state index in [1.807, 2.05) is 24.3 Å². The first-order valence-electron chi connectivity index (χ1n) is 6.90. The summed E-state index contributed by atoms with van der Waals surface area (Å²) in [6, 6.07) is 14.4. The molecule has 120 valence electrons. The van der Waals surface area contributed by atoms with Crippen molar-refractivity contribution >= 4 is 39.7 Å². The van der Waals surface area contributed by atoms with Crippen LogP contribution in [0, 0.1) is 0 Å². The third-order valence-electron chi connectivity index (χ3n) is 2.96. The predicted molar refractivity (Wildman–Crippen MR) is 96.0 cm³/mol. The van der Waals surface area contributed by atoms with Gasteiger partial charge >= 0.3 is 0 Å². The van der Waals surface area contributed by atoms with Crippen molar-refractivity contribution < 1.29 is 9.53 Å². The van der Waals surface area contributed by atoms with Crippen molar-refractivity contribution in [3.63, 3.8) is 0 Å². The van der Waals surface area contributed by atoms with E-state index in [-0.39, 0.29) is 5.91 Å². The minimum absolute atomic E-state index is 0.348. The number of nitrogens with one attached hydrogen (secondary N) is 1. The summed E-state index contributed by atoms with van der Waals surface area (Å²) in [5.74, 6) is 0.212. The number of hydrogen-bond acceptors (Lipinski definition) is 3. The third kappa shape index (κ3) is 5.37. The molecule has 2 rings (SSSR count). The van der Waals surface area contributed by atoms with Gasteiger partial charge in [0, 0.05) is 9.50 Å². The molecule has 1 N–H and O–H groups in total. The van der Waals surface area contributed by atoms with Gasteiger partial charge in [-0.15, -0.1) is 0 Å². The smallest absolute Gasteiger partial charge is 0.283 e.